The molecule has 0 spiro atoms. The van der Waals surface area contributed by atoms with Gasteiger partial charge in [0.05, 0.1) is 23.1 Å². The Morgan fingerprint density at radius 3 is 2.93 bits per heavy atom. The fourth-order valence-corrected chi connectivity index (χ4v) is 3.57. The van der Waals surface area contributed by atoms with Gasteiger partial charge < -0.3 is 14.1 Å². The molecule has 1 fully saturated rings. The largest absolute Gasteiger partial charge is 0.466 e. The lowest BCUT2D eigenvalue weighted by Gasteiger charge is -2.17. The van der Waals surface area contributed by atoms with Crippen molar-refractivity contribution in [3.63, 3.8) is 0 Å². The number of amides is 1. The van der Waals surface area contributed by atoms with E-state index in [1.165, 1.54) is 0 Å². The van der Waals surface area contributed by atoms with Gasteiger partial charge in [-0.1, -0.05) is 17.7 Å². The topological polar surface area (TPSA) is 72.6 Å². The lowest BCUT2D eigenvalue weighted by Crippen LogP contribution is -2.26. The molecule has 1 saturated heterocycles. The summed E-state index contributed by atoms with van der Waals surface area (Å²) >= 11 is 6.38. The molecule has 0 aliphatic carbocycles. The minimum atomic E-state index is -0.459. The first-order valence-electron chi connectivity index (χ1n) is 9.10. The van der Waals surface area contributed by atoms with Crippen LogP contribution in [0, 0.1) is 12.8 Å². The predicted molar refractivity (Wildman–Crippen MR) is 106 cm³/mol. The molecule has 0 bridgehead atoms. The van der Waals surface area contributed by atoms with Gasteiger partial charge in [0.15, 0.2) is 5.58 Å². The molecule has 0 unspecified atom stereocenters. The third-order valence-electron chi connectivity index (χ3n) is 4.78. The number of ether oxygens (including phenoxy) is 1. The number of oxazole rings is 1. The first-order valence-corrected chi connectivity index (χ1v) is 9.48. The number of hydrogen-bond acceptors (Lipinski definition) is 5. The summed E-state index contributed by atoms with van der Waals surface area (Å²) in [4.78, 5) is 30.5. The van der Waals surface area contributed by atoms with E-state index in [1.54, 1.807) is 30.0 Å². The minimum Gasteiger partial charge on any atom is -0.466 e. The molecule has 28 heavy (non-hydrogen) atoms. The van der Waals surface area contributed by atoms with E-state index in [0.717, 1.165) is 11.1 Å². The number of esters is 1. The third-order valence-corrected chi connectivity index (χ3v) is 5.11. The van der Waals surface area contributed by atoms with Crippen molar-refractivity contribution in [1.29, 1.82) is 0 Å². The average molecular weight is 399 g/mol. The van der Waals surface area contributed by atoms with E-state index in [2.05, 4.69) is 4.98 Å². The number of hydrogen-bond donors (Lipinski definition) is 0. The fraction of sp³-hybridized carbons (Fsp3) is 0.286. The van der Waals surface area contributed by atoms with Crippen LogP contribution < -0.4 is 4.90 Å². The standard InChI is InChI=1S/C21H19ClN2O4/c1-3-27-21(26)13-9-19(25)24(11-13)14-5-6-16(22)15(10-14)20-23-17-8-12(2)4-7-18(17)28-20/h4-8,10,13H,3,9,11H2,1-2H3/t13-/m1/s1. The number of carbonyl (C=O) groups excluding carboxylic acids is 2. The second-order valence-corrected chi connectivity index (χ2v) is 7.22. The Morgan fingerprint density at radius 2 is 2.14 bits per heavy atom. The van der Waals surface area contributed by atoms with Gasteiger partial charge in [-0.25, -0.2) is 4.98 Å². The van der Waals surface area contributed by atoms with E-state index in [1.807, 2.05) is 25.1 Å². The summed E-state index contributed by atoms with van der Waals surface area (Å²) in [5, 5.41) is 0.473. The Labute approximate surface area is 167 Å². The van der Waals surface area contributed by atoms with Crippen molar-refractivity contribution in [1.82, 2.24) is 4.98 Å². The molecule has 2 aromatic carbocycles. The molecule has 2 heterocycles. The Bertz CT molecular complexity index is 1080. The van der Waals surface area contributed by atoms with Crippen molar-refractivity contribution < 1.29 is 18.7 Å². The fourth-order valence-electron chi connectivity index (χ4n) is 3.37. The second-order valence-electron chi connectivity index (χ2n) is 6.81. The van der Waals surface area contributed by atoms with Crippen LogP contribution in [0.1, 0.15) is 18.9 Å². The van der Waals surface area contributed by atoms with Gasteiger partial charge in [0, 0.05) is 18.7 Å². The number of fused-ring (bicyclic) bond motifs is 1. The zero-order valence-corrected chi connectivity index (χ0v) is 16.3. The van der Waals surface area contributed by atoms with Crippen LogP contribution in [0.4, 0.5) is 5.69 Å². The SMILES string of the molecule is CCOC(=O)[C@@H]1CC(=O)N(c2ccc(Cl)c(-c3nc4cc(C)ccc4o3)c2)C1. The lowest BCUT2D eigenvalue weighted by molar-refractivity contribution is -0.147. The molecule has 1 aliphatic rings. The van der Waals surface area contributed by atoms with Crippen LogP contribution >= 0.6 is 11.6 Å². The van der Waals surface area contributed by atoms with Gasteiger partial charge in [-0.15, -0.1) is 0 Å². The van der Waals surface area contributed by atoms with Crippen LogP contribution in [0.5, 0.6) is 0 Å². The van der Waals surface area contributed by atoms with Gasteiger partial charge in [-0.3, -0.25) is 9.59 Å². The molecule has 1 amide bonds. The number of benzene rings is 2. The molecule has 4 rings (SSSR count). The number of aryl methyl sites for hydroxylation is 1. The maximum atomic E-state index is 12.5. The smallest absolute Gasteiger partial charge is 0.311 e. The number of aromatic nitrogens is 1. The highest BCUT2D eigenvalue weighted by atomic mass is 35.5. The molecule has 0 N–H and O–H groups in total. The highest BCUT2D eigenvalue weighted by molar-refractivity contribution is 6.33. The Morgan fingerprint density at radius 1 is 1.32 bits per heavy atom. The van der Waals surface area contributed by atoms with E-state index in [-0.39, 0.29) is 24.8 Å². The molecule has 1 aliphatic heterocycles. The van der Waals surface area contributed by atoms with Crippen molar-refractivity contribution in [3.05, 3.63) is 47.0 Å². The van der Waals surface area contributed by atoms with Gasteiger partial charge >= 0.3 is 5.97 Å². The first kappa shape index (κ1) is 18.5. The zero-order valence-electron chi connectivity index (χ0n) is 15.6. The molecule has 6 nitrogen and oxygen atoms in total. The Balaban J connectivity index is 1.67. The maximum Gasteiger partial charge on any atom is 0.311 e. The van der Waals surface area contributed by atoms with E-state index in [9.17, 15) is 9.59 Å². The van der Waals surface area contributed by atoms with Crippen LogP contribution in [0.3, 0.4) is 0 Å². The second kappa shape index (κ2) is 7.28. The van der Waals surface area contributed by atoms with Gasteiger partial charge in [-0.2, -0.15) is 0 Å². The highest BCUT2D eigenvalue weighted by Crippen LogP contribution is 2.35. The van der Waals surface area contributed by atoms with E-state index < -0.39 is 5.92 Å². The minimum absolute atomic E-state index is 0.125. The lowest BCUT2D eigenvalue weighted by atomic mass is 10.1. The summed E-state index contributed by atoms with van der Waals surface area (Å²) in [6, 6.07) is 11.0. The number of rotatable bonds is 4. The number of anilines is 1. The van der Waals surface area contributed by atoms with Crippen molar-refractivity contribution >= 4 is 40.3 Å². The van der Waals surface area contributed by atoms with Crippen molar-refractivity contribution in [3.8, 4) is 11.5 Å². The summed E-state index contributed by atoms with van der Waals surface area (Å²) in [5.74, 6) is -0.540. The van der Waals surface area contributed by atoms with Crippen LogP contribution in [0.25, 0.3) is 22.6 Å². The summed E-state index contributed by atoms with van der Waals surface area (Å²) in [5.41, 5.74) is 3.74. The van der Waals surface area contributed by atoms with E-state index in [4.69, 9.17) is 20.8 Å². The maximum absolute atomic E-state index is 12.5. The summed E-state index contributed by atoms with van der Waals surface area (Å²) < 4.78 is 10.9. The highest BCUT2D eigenvalue weighted by Gasteiger charge is 2.36. The monoisotopic (exact) mass is 398 g/mol. The molecule has 1 aromatic heterocycles. The van der Waals surface area contributed by atoms with Crippen LogP contribution in [0.15, 0.2) is 40.8 Å². The van der Waals surface area contributed by atoms with E-state index in [0.29, 0.717) is 34.4 Å². The third kappa shape index (κ3) is 3.36. The first-order chi connectivity index (χ1) is 13.5. The van der Waals surface area contributed by atoms with Gasteiger partial charge in [0.1, 0.15) is 5.52 Å². The molecular formula is C21H19ClN2O4. The van der Waals surface area contributed by atoms with Gasteiger partial charge in [-0.05, 0) is 49.7 Å². The summed E-state index contributed by atoms with van der Waals surface area (Å²) in [6.07, 6.45) is 0.138. The molecule has 3 aromatic rings. The van der Waals surface area contributed by atoms with Crippen molar-refractivity contribution in [2.45, 2.75) is 20.3 Å². The molecule has 1 atom stereocenters. The molecule has 7 heteroatoms. The summed E-state index contributed by atoms with van der Waals surface area (Å²) in [6.45, 7) is 4.32. The molecule has 0 saturated carbocycles. The van der Waals surface area contributed by atoms with Gasteiger partial charge in [0.25, 0.3) is 0 Å². The number of halogens is 1. The van der Waals surface area contributed by atoms with Crippen LogP contribution in [-0.2, 0) is 14.3 Å². The molecular weight excluding hydrogens is 380 g/mol. The molecule has 0 radical (unpaired) electrons. The van der Waals surface area contributed by atoms with Crippen molar-refractivity contribution in [2.75, 3.05) is 18.1 Å². The zero-order chi connectivity index (χ0) is 19.8. The summed E-state index contributed by atoms with van der Waals surface area (Å²) in [7, 11) is 0. The van der Waals surface area contributed by atoms with E-state index >= 15 is 0 Å². The predicted octanol–water partition coefficient (Wildman–Crippen LogP) is 4.37. The Hall–Kier alpha value is -2.86. The van der Waals surface area contributed by atoms with Crippen LogP contribution in [-0.4, -0.2) is 30.0 Å². The van der Waals surface area contributed by atoms with Crippen molar-refractivity contribution in [2.24, 2.45) is 5.92 Å². The molecule has 144 valence electrons. The number of carbonyl (C=O) groups is 2. The Kier molecular flexibility index (Phi) is 4.81. The average Bonchev–Trinajstić information content (AvgIpc) is 3.25. The number of nitrogens with zero attached hydrogens (tertiary/aromatic N) is 2. The normalized spacial score (nSPS) is 16.8. The van der Waals surface area contributed by atoms with Gasteiger partial charge in [0.2, 0.25) is 11.8 Å². The van der Waals surface area contributed by atoms with Crippen LogP contribution in [0.2, 0.25) is 5.02 Å². The quantitative estimate of drug-likeness (QED) is 0.610.